The Morgan fingerprint density at radius 3 is 2.75 bits per heavy atom. The molecule has 0 aromatic rings. The summed E-state index contributed by atoms with van der Waals surface area (Å²) in [5.74, 6) is 1.55. The van der Waals surface area contributed by atoms with Crippen molar-refractivity contribution in [1.29, 1.82) is 0 Å². The summed E-state index contributed by atoms with van der Waals surface area (Å²) in [6.45, 7) is 5.44. The highest BCUT2D eigenvalue weighted by atomic mass is 16.5. The van der Waals surface area contributed by atoms with Crippen LogP contribution in [0.2, 0.25) is 0 Å². The molecule has 116 valence electrons. The van der Waals surface area contributed by atoms with E-state index in [1.807, 2.05) is 0 Å². The number of esters is 1. The van der Waals surface area contributed by atoms with E-state index >= 15 is 0 Å². The summed E-state index contributed by atoms with van der Waals surface area (Å²) in [5, 5.41) is 3.55. The molecular weight excluding hydrogens is 254 g/mol. The van der Waals surface area contributed by atoms with Gasteiger partial charge in [-0.25, -0.2) is 0 Å². The zero-order valence-electron chi connectivity index (χ0n) is 13.0. The molecule has 2 rings (SSSR count). The van der Waals surface area contributed by atoms with Gasteiger partial charge in [0.1, 0.15) is 0 Å². The lowest BCUT2D eigenvalue weighted by molar-refractivity contribution is -0.158. The van der Waals surface area contributed by atoms with Crippen molar-refractivity contribution < 1.29 is 14.3 Å². The zero-order valence-corrected chi connectivity index (χ0v) is 13.0. The number of hydrogen-bond acceptors (Lipinski definition) is 4. The molecule has 2 unspecified atom stereocenters. The highest BCUT2D eigenvalue weighted by Gasteiger charge is 2.40. The average Bonchev–Trinajstić information content (AvgIpc) is 2.47. The summed E-state index contributed by atoms with van der Waals surface area (Å²) in [6.07, 6.45) is 6.91. The van der Waals surface area contributed by atoms with Crippen molar-refractivity contribution in [3.8, 4) is 0 Å². The van der Waals surface area contributed by atoms with Crippen LogP contribution in [0.5, 0.6) is 0 Å². The molecule has 1 aliphatic heterocycles. The molecule has 0 aromatic heterocycles. The molecule has 1 aliphatic carbocycles. The minimum atomic E-state index is -0.368. The Bertz CT molecular complexity index is 313. The SMILES string of the molecule is COC(=O)C1(CNCC2CCCC(C)C2)CCOCC1. The molecule has 1 N–H and O–H groups in total. The van der Waals surface area contributed by atoms with Crippen LogP contribution >= 0.6 is 0 Å². The minimum absolute atomic E-state index is 0.0784. The van der Waals surface area contributed by atoms with Gasteiger partial charge in [0.05, 0.1) is 12.5 Å². The molecule has 2 atom stereocenters. The molecular formula is C16H29NO3. The number of rotatable bonds is 5. The molecule has 2 aliphatic rings. The van der Waals surface area contributed by atoms with E-state index in [1.165, 1.54) is 32.8 Å². The van der Waals surface area contributed by atoms with E-state index in [0.717, 1.165) is 37.8 Å². The van der Waals surface area contributed by atoms with Crippen LogP contribution < -0.4 is 5.32 Å². The molecule has 0 spiro atoms. The van der Waals surface area contributed by atoms with E-state index in [9.17, 15) is 4.79 Å². The molecule has 0 radical (unpaired) electrons. The summed E-state index contributed by atoms with van der Waals surface area (Å²) in [6, 6.07) is 0. The van der Waals surface area contributed by atoms with Crippen molar-refractivity contribution in [2.75, 3.05) is 33.4 Å². The lowest BCUT2D eigenvalue weighted by Gasteiger charge is -2.35. The molecule has 1 heterocycles. The third-order valence-electron chi connectivity index (χ3n) is 5.01. The van der Waals surface area contributed by atoms with Crippen LogP contribution in [0.4, 0.5) is 0 Å². The topological polar surface area (TPSA) is 47.6 Å². The molecule has 1 saturated heterocycles. The number of ether oxygens (including phenoxy) is 2. The van der Waals surface area contributed by atoms with Gasteiger partial charge < -0.3 is 14.8 Å². The zero-order chi connectivity index (χ0) is 14.4. The first-order valence-corrected chi connectivity index (χ1v) is 8.03. The van der Waals surface area contributed by atoms with Crippen molar-refractivity contribution in [2.24, 2.45) is 17.3 Å². The van der Waals surface area contributed by atoms with Crippen molar-refractivity contribution in [1.82, 2.24) is 5.32 Å². The van der Waals surface area contributed by atoms with Gasteiger partial charge in [0, 0.05) is 19.8 Å². The molecule has 4 heteroatoms. The van der Waals surface area contributed by atoms with Gasteiger partial charge in [0.25, 0.3) is 0 Å². The lowest BCUT2D eigenvalue weighted by atomic mass is 9.79. The second-order valence-electron chi connectivity index (χ2n) is 6.65. The lowest BCUT2D eigenvalue weighted by Crippen LogP contribution is -2.46. The predicted molar refractivity (Wildman–Crippen MR) is 78.5 cm³/mol. The largest absolute Gasteiger partial charge is 0.469 e. The molecule has 2 fully saturated rings. The third-order valence-corrected chi connectivity index (χ3v) is 5.01. The number of carbonyl (C=O) groups is 1. The van der Waals surface area contributed by atoms with Crippen LogP contribution in [-0.4, -0.2) is 39.4 Å². The quantitative estimate of drug-likeness (QED) is 0.787. The minimum Gasteiger partial charge on any atom is -0.469 e. The monoisotopic (exact) mass is 283 g/mol. The summed E-state index contributed by atoms with van der Waals surface area (Å²) >= 11 is 0. The maximum absolute atomic E-state index is 12.1. The molecule has 20 heavy (non-hydrogen) atoms. The fourth-order valence-electron chi connectivity index (χ4n) is 3.69. The number of nitrogens with one attached hydrogen (secondary N) is 1. The molecule has 0 aromatic carbocycles. The van der Waals surface area contributed by atoms with Crippen LogP contribution in [-0.2, 0) is 14.3 Å². The van der Waals surface area contributed by atoms with Gasteiger partial charge in [0.15, 0.2) is 0 Å². The Kier molecular flexibility index (Phi) is 5.85. The number of carbonyl (C=O) groups excluding carboxylic acids is 1. The maximum Gasteiger partial charge on any atom is 0.313 e. The molecule has 1 saturated carbocycles. The Hall–Kier alpha value is -0.610. The van der Waals surface area contributed by atoms with Crippen molar-refractivity contribution >= 4 is 5.97 Å². The first kappa shape index (κ1) is 15.8. The highest BCUT2D eigenvalue weighted by molar-refractivity contribution is 5.77. The maximum atomic E-state index is 12.1. The van der Waals surface area contributed by atoms with Crippen molar-refractivity contribution in [3.63, 3.8) is 0 Å². The number of hydrogen-bond donors (Lipinski definition) is 1. The summed E-state index contributed by atoms with van der Waals surface area (Å²) in [4.78, 5) is 12.1. The van der Waals surface area contributed by atoms with Crippen LogP contribution in [0.25, 0.3) is 0 Å². The number of methoxy groups -OCH3 is 1. The van der Waals surface area contributed by atoms with Crippen LogP contribution in [0.1, 0.15) is 45.4 Å². The predicted octanol–water partition coefficient (Wildman–Crippen LogP) is 2.37. The molecule has 0 amide bonds. The highest BCUT2D eigenvalue weighted by Crippen LogP contribution is 2.32. The first-order chi connectivity index (χ1) is 9.66. The molecule has 4 nitrogen and oxygen atoms in total. The van der Waals surface area contributed by atoms with Gasteiger partial charge >= 0.3 is 5.97 Å². The summed E-state index contributed by atoms with van der Waals surface area (Å²) in [7, 11) is 1.49. The normalized spacial score (nSPS) is 29.9. The fraction of sp³-hybridized carbons (Fsp3) is 0.938. The Morgan fingerprint density at radius 1 is 1.35 bits per heavy atom. The van der Waals surface area contributed by atoms with E-state index in [1.54, 1.807) is 0 Å². The van der Waals surface area contributed by atoms with Crippen LogP contribution in [0, 0.1) is 17.3 Å². The summed E-state index contributed by atoms with van der Waals surface area (Å²) < 4.78 is 10.4. The van der Waals surface area contributed by atoms with E-state index < -0.39 is 0 Å². The summed E-state index contributed by atoms with van der Waals surface area (Å²) in [5.41, 5.74) is -0.368. The van der Waals surface area contributed by atoms with Gasteiger partial charge in [-0.1, -0.05) is 19.8 Å². The average molecular weight is 283 g/mol. The van der Waals surface area contributed by atoms with Gasteiger partial charge in [-0.05, 0) is 44.1 Å². The van der Waals surface area contributed by atoms with Crippen LogP contribution in [0.15, 0.2) is 0 Å². The standard InChI is InChI=1S/C16H29NO3/c1-13-4-3-5-14(10-13)11-17-12-16(15(18)19-2)6-8-20-9-7-16/h13-14,17H,3-12H2,1-2H3. The van der Waals surface area contributed by atoms with E-state index in [2.05, 4.69) is 12.2 Å². The Morgan fingerprint density at radius 2 is 2.10 bits per heavy atom. The van der Waals surface area contributed by atoms with E-state index in [4.69, 9.17) is 9.47 Å². The van der Waals surface area contributed by atoms with E-state index in [-0.39, 0.29) is 11.4 Å². The third kappa shape index (κ3) is 3.95. The van der Waals surface area contributed by atoms with Gasteiger partial charge in [-0.3, -0.25) is 4.79 Å². The molecule has 0 bridgehead atoms. The Balaban J connectivity index is 1.81. The second kappa shape index (κ2) is 7.41. The smallest absolute Gasteiger partial charge is 0.313 e. The van der Waals surface area contributed by atoms with Crippen molar-refractivity contribution in [2.45, 2.75) is 45.4 Å². The van der Waals surface area contributed by atoms with E-state index in [0.29, 0.717) is 13.2 Å². The second-order valence-corrected chi connectivity index (χ2v) is 6.65. The van der Waals surface area contributed by atoms with Crippen LogP contribution in [0.3, 0.4) is 0 Å². The fourth-order valence-corrected chi connectivity index (χ4v) is 3.69. The van der Waals surface area contributed by atoms with Gasteiger partial charge in [-0.2, -0.15) is 0 Å². The van der Waals surface area contributed by atoms with Gasteiger partial charge in [-0.15, -0.1) is 0 Å². The first-order valence-electron chi connectivity index (χ1n) is 8.03. The Labute approximate surface area is 122 Å². The van der Waals surface area contributed by atoms with Crippen molar-refractivity contribution in [3.05, 3.63) is 0 Å². The van der Waals surface area contributed by atoms with Gasteiger partial charge in [0.2, 0.25) is 0 Å².